The lowest BCUT2D eigenvalue weighted by atomic mass is 10.1. The van der Waals surface area contributed by atoms with Gasteiger partial charge in [-0.25, -0.2) is 0 Å². The molecule has 2 aromatic rings. The summed E-state index contributed by atoms with van der Waals surface area (Å²) in [6.07, 6.45) is 0.230. The van der Waals surface area contributed by atoms with E-state index in [4.69, 9.17) is 4.74 Å². The molecule has 156 valence electrons. The van der Waals surface area contributed by atoms with Crippen molar-refractivity contribution in [2.45, 2.75) is 6.42 Å². The summed E-state index contributed by atoms with van der Waals surface area (Å²) in [4.78, 5) is 43.5. The third-order valence-electron chi connectivity index (χ3n) is 5.76. The van der Waals surface area contributed by atoms with Crippen LogP contribution >= 0.6 is 0 Å². The Labute approximate surface area is 175 Å². The molecule has 0 N–H and O–H groups in total. The summed E-state index contributed by atoms with van der Waals surface area (Å²) in [6, 6.07) is 16.6. The van der Waals surface area contributed by atoms with Gasteiger partial charge in [-0.05, 0) is 24.3 Å². The monoisotopic (exact) mass is 407 g/mol. The second-order valence-corrected chi connectivity index (χ2v) is 7.56. The summed E-state index contributed by atoms with van der Waals surface area (Å²) in [5.41, 5.74) is 1.35. The Balaban J connectivity index is 1.36. The van der Waals surface area contributed by atoms with E-state index in [0.717, 1.165) is 5.69 Å². The van der Waals surface area contributed by atoms with Crippen molar-refractivity contribution < 1.29 is 19.1 Å². The molecule has 0 radical (unpaired) electrons. The molecule has 3 amide bonds. The zero-order valence-corrected chi connectivity index (χ0v) is 17.0. The molecule has 7 heteroatoms. The van der Waals surface area contributed by atoms with Crippen molar-refractivity contribution in [3.8, 4) is 5.75 Å². The predicted octanol–water partition coefficient (Wildman–Crippen LogP) is 2.03. The molecular formula is C23H25N3O4. The highest BCUT2D eigenvalue weighted by Crippen LogP contribution is 2.27. The molecule has 2 aromatic carbocycles. The second kappa shape index (κ2) is 8.57. The largest absolute Gasteiger partial charge is 0.496 e. The Kier molecular flexibility index (Phi) is 5.70. The van der Waals surface area contributed by atoms with Gasteiger partial charge >= 0.3 is 0 Å². The summed E-state index contributed by atoms with van der Waals surface area (Å²) in [7, 11) is 1.55. The number of piperazine rings is 1. The van der Waals surface area contributed by atoms with Crippen LogP contribution in [0, 0.1) is 5.92 Å². The lowest BCUT2D eigenvalue weighted by Crippen LogP contribution is -2.52. The van der Waals surface area contributed by atoms with Gasteiger partial charge in [-0.15, -0.1) is 0 Å². The van der Waals surface area contributed by atoms with E-state index < -0.39 is 0 Å². The molecule has 7 nitrogen and oxygen atoms in total. The molecule has 0 aliphatic carbocycles. The maximum Gasteiger partial charge on any atom is 0.257 e. The first-order chi connectivity index (χ1) is 14.6. The Morgan fingerprint density at radius 1 is 0.900 bits per heavy atom. The lowest BCUT2D eigenvalue weighted by molar-refractivity contribution is -0.137. The smallest absolute Gasteiger partial charge is 0.257 e. The molecule has 2 fully saturated rings. The second-order valence-electron chi connectivity index (χ2n) is 7.56. The molecule has 0 spiro atoms. The van der Waals surface area contributed by atoms with E-state index in [2.05, 4.69) is 0 Å². The number of para-hydroxylation sites is 2. The number of rotatable bonds is 4. The summed E-state index contributed by atoms with van der Waals surface area (Å²) in [5.74, 6) is 0.0854. The average Bonchev–Trinajstić information content (AvgIpc) is 3.20. The molecule has 0 bridgehead atoms. The van der Waals surface area contributed by atoms with Crippen LogP contribution in [0.15, 0.2) is 54.6 Å². The first-order valence-corrected chi connectivity index (χ1v) is 10.1. The van der Waals surface area contributed by atoms with Crippen LogP contribution in [-0.2, 0) is 9.59 Å². The minimum Gasteiger partial charge on any atom is -0.496 e. The zero-order valence-electron chi connectivity index (χ0n) is 17.0. The van der Waals surface area contributed by atoms with Crippen molar-refractivity contribution in [1.82, 2.24) is 9.80 Å². The van der Waals surface area contributed by atoms with Gasteiger partial charge in [0.2, 0.25) is 11.8 Å². The molecule has 2 aliphatic heterocycles. The fourth-order valence-corrected chi connectivity index (χ4v) is 4.11. The first-order valence-electron chi connectivity index (χ1n) is 10.1. The van der Waals surface area contributed by atoms with Gasteiger partial charge in [-0.3, -0.25) is 14.4 Å². The predicted molar refractivity (Wildman–Crippen MR) is 112 cm³/mol. The Hall–Kier alpha value is -3.35. The molecule has 0 saturated carbocycles. The molecule has 0 unspecified atom stereocenters. The van der Waals surface area contributed by atoms with Gasteiger partial charge in [0.1, 0.15) is 5.75 Å². The van der Waals surface area contributed by atoms with Crippen LogP contribution in [0.25, 0.3) is 0 Å². The third-order valence-corrected chi connectivity index (χ3v) is 5.76. The molecule has 2 heterocycles. The fourth-order valence-electron chi connectivity index (χ4n) is 4.11. The van der Waals surface area contributed by atoms with E-state index in [0.29, 0.717) is 44.0 Å². The number of carbonyl (C=O) groups is 3. The van der Waals surface area contributed by atoms with Gasteiger partial charge in [0, 0.05) is 44.8 Å². The number of nitrogens with zero attached hydrogens (tertiary/aromatic N) is 3. The minimum absolute atomic E-state index is 0.00817. The van der Waals surface area contributed by atoms with E-state index in [1.807, 2.05) is 42.5 Å². The topological polar surface area (TPSA) is 70.2 Å². The highest BCUT2D eigenvalue weighted by Gasteiger charge is 2.38. The minimum atomic E-state index is -0.339. The summed E-state index contributed by atoms with van der Waals surface area (Å²) in [5, 5.41) is 0. The van der Waals surface area contributed by atoms with Crippen molar-refractivity contribution >= 4 is 23.4 Å². The normalized spacial score (nSPS) is 19.2. The SMILES string of the molecule is COc1ccccc1C(=O)N1CCN(C(=O)[C@@H]2CC(=O)N(c3ccccc3)C2)CC1. The van der Waals surface area contributed by atoms with E-state index in [1.54, 1.807) is 33.9 Å². The molecule has 30 heavy (non-hydrogen) atoms. The molecule has 2 aliphatic rings. The van der Waals surface area contributed by atoms with Crippen molar-refractivity contribution in [1.29, 1.82) is 0 Å². The maximum absolute atomic E-state index is 13.0. The number of anilines is 1. The number of methoxy groups -OCH3 is 1. The number of benzene rings is 2. The molecule has 1 atom stereocenters. The van der Waals surface area contributed by atoms with Crippen LogP contribution in [0.5, 0.6) is 5.75 Å². The molecule has 2 saturated heterocycles. The Morgan fingerprint density at radius 3 is 2.23 bits per heavy atom. The Bertz CT molecular complexity index is 938. The number of hydrogen-bond acceptors (Lipinski definition) is 4. The van der Waals surface area contributed by atoms with Crippen molar-refractivity contribution in [3.63, 3.8) is 0 Å². The Morgan fingerprint density at radius 2 is 1.53 bits per heavy atom. The van der Waals surface area contributed by atoms with Gasteiger partial charge in [0.15, 0.2) is 0 Å². The quantitative estimate of drug-likeness (QED) is 0.778. The van der Waals surface area contributed by atoms with Crippen LogP contribution < -0.4 is 9.64 Å². The molecular weight excluding hydrogens is 382 g/mol. The van der Waals surface area contributed by atoms with E-state index in [-0.39, 0.29) is 30.1 Å². The molecule has 0 aromatic heterocycles. The summed E-state index contributed by atoms with van der Waals surface area (Å²) in [6.45, 7) is 2.27. The van der Waals surface area contributed by atoms with Gasteiger partial charge in [-0.1, -0.05) is 30.3 Å². The highest BCUT2D eigenvalue weighted by atomic mass is 16.5. The van der Waals surface area contributed by atoms with Gasteiger partial charge in [-0.2, -0.15) is 0 Å². The van der Waals surface area contributed by atoms with Crippen LogP contribution in [-0.4, -0.2) is 67.4 Å². The molecule has 4 rings (SSSR count). The number of carbonyl (C=O) groups excluding carboxylic acids is 3. The van der Waals surface area contributed by atoms with E-state index in [1.165, 1.54) is 0 Å². The third kappa shape index (κ3) is 3.87. The van der Waals surface area contributed by atoms with Gasteiger partial charge < -0.3 is 19.4 Å². The van der Waals surface area contributed by atoms with Crippen molar-refractivity contribution in [3.05, 3.63) is 60.2 Å². The number of ether oxygens (including phenoxy) is 1. The van der Waals surface area contributed by atoms with Crippen LogP contribution in [0.1, 0.15) is 16.8 Å². The summed E-state index contributed by atoms with van der Waals surface area (Å²) >= 11 is 0. The number of amides is 3. The van der Waals surface area contributed by atoms with E-state index >= 15 is 0 Å². The highest BCUT2D eigenvalue weighted by molar-refractivity contribution is 6.00. The fraction of sp³-hybridized carbons (Fsp3) is 0.348. The van der Waals surface area contributed by atoms with Gasteiger partial charge in [0.25, 0.3) is 5.91 Å². The van der Waals surface area contributed by atoms with Crippen LogP contribution in [0.3, 0.4) is 0 Å². The van der Waals surface area contributed by atoms with E-state index in [9.17, 15) is 14.4 Å². The lowest BCUT2D eigenvalue weighted by Gasteiger charge is -2.36. The summed E-state index contributed by atoms with van der Waals surface area (Å²) < 4.78 is 5.29. The average molecular weight is 407 g/mol. The standard InChI is InChI=1S/C23H25N3O4/c1-30-20-10-6-5-9-19(20)23(29)25-13-11-24(12-14-25)22(28)17-15-21(27)26(16-17)18-7-3-2-4-8-18/h2-10,17H,11-16H2,1H3/t17-/m1/s1. The van der Waals surface area contributed by atoms with Gasteiger partial charge in [0.05, 0.1) is 18.6 Å². The zero-order chi connectivity index (χ0) is 21.1. The number of hydrogen-bond donors (Lipinski definition) is 0. The first kappa shape index (κ1) is 19.9. The van der Waals surface area contributed by atoms with Crippen molar-refractivity contribution in [2.75, 3.05) is 44.7 Å². The van der Waals surface area contributed by atoms with Crippen LogP contribution in [0.4, 0.5) is 5.69 Å². The van der Waals surface area contributed by atoms with Crippen LogP contribution in [0.2, 0.25) is 0 Å². The maximum atomic E-state index is 13.0. The van der Waals surface area contributed by atoms with Crippen molar-refractivity contribution in [2.24, 2.45) is 5.92 Å².